The second kappa shape index (κ2) is 6.68. The average molecular weight is 366 g/mol. The van der Waals surface area contributed by atoms with Crippen LogP contribution < -0.4 is 4.90 Å². The van der Waals surface area contributed by atoms with E-state index in [2.05, 4.69) is 30.7 Å². The van der Waals surface area contributed by atoms with Gasteiger partial charge in [-0.3, -0.25) is 9.69 Å². The Morgan fingerprint density at radius 2 is 2.00 bits per heavy atom. The van der Waals surface area contributed by atoms with Crippen molar-refractivity contribution >= 4 is 38.9 Å². The summed E-state index contributed by atoms with van der Waals surface area (Å²) in [4.78, 5) is 21.9. The molecule has 1 aliphatic rings. The molecule has 0 saturated carbocycles. The smallest absolute Gasteiger partial charge is 0.186 e. The molecule has 3 rings (SSSR count). The molecule has 0 unspecified atom stereocenters. The van der Waals surface area contributed by atoms with Crippen LogP contribution in [0.5, 0.6) is 0 Å². The third-order valence-electron chi connectivity index (χ3n) is 3.56. The van der Waals surface area contributed by atoms with E-state index in [4.69, 9.17) is 0 Å². The number of rotatable bonds is 4. The first kappa shape index (κ1) is 14.7. The first-order chi connectivity index (χ1) is 10.2. The summed E-state index contributed by atoms with van der Waals surface area (Å²) >= 11 is 4.90. The maximum atomic E-state index is 12.2. The zero-order chi connectivity index (χ0) is 14.7. The Labute approximate surface area is 136 Å². The molecule has 0 atom stereocenters. The van der Waals surface area contributed by atoms with E-state index in [0.29, 0.717) is 6.54 Å². The van der Waals surface area contributed by atoms with E-state index in [-0.39, 0.29) is 5.78 Å². The van der Waals surface area contributed by atoms with Crippen molar-refractivity contribution in [3.63, 3.8) is 0 Å². The molecule has 1 saturated heterocycles. The number of hydrogen-bond acceptors (Lipinski definition) is 5. The Bertz CT molecular complexity index is 608. The summed E-state index contributed by atoms with van der Waals surface area (Å²) in [5.74, 6) is 1.22. The van der Waals surface area contributed by atoms with Crippen LogP contribution >= 0.6 is 27.3 Å². The summed E-state index contributed by atoms with van der Waals surface area (Å²) < 4.78 is 1.01. The van der Waals surface area contributed by atoms with Gasteiger partial charge in [-0.05, 0) is 40.2 Å². The van der Waals surface area contributed by atoms with Crippen LogP contribution in [0.4, 0.5) is 5.82 Å². The second-order valence-corrected chi connectivity index (χ2v) is 7.44. The number of hydrogen-bond donors (Lipinski definition) is 0. The van der Waals surface area contributed by atoms with Gasteiger partial charge >= 0.3 is 0 Å². The van der Waals surface area contributed by atoms with E-state index in [9.17, 15) is 4.79 Å². The van der Waals surface area contributed by atoms with Crippen molar-refractivity contribution in [2.75, 3.05) is 37.6 Å². The summed E-state index contributed by atoms with van der Waals surface area (Å²) in [5.41, 5.74) is 0. The number of aromatic nitrogens is 1. The van der Waals surface area contributed by atoms with Gasteiger partial charge in [0.05, 0.1) is 15.2 Å². The SMILES string of the molecule is O=C(CN1CCN(c2ccccn2)CC1)c1ccc(Br)s1. The van der Waals surface area contributed by atoms with E-state index in [1.54, 1.807) is 0 Å². The van der Waals surface area contributed by atoms with Crippen molar-refractivity contribution in [3.8, 4) is 0 Å². The molecule has 2 aromatic heterocycles. The zero-order valence-corrected chi connectivity index (χ0v) is 13.9. The summed E-state index contributed by atoms with van der Waals surface area (Å²) in [5, 5.41) is 0. The molecule has 110 valence electrons. The van der Waals surface area contributed by atoms with E-state index in [1.165, 1.54) is 11.3 Å². The molecule has 21 heavy (non-hydrogen) atoms. The minimum Gasteiger partial charge on any atom is -0.354 e. The minimum atomic E-state index is 0.206. The van der Waals surface area contributed by atoms with Crippen LogP contribution in [0, 0.1) is 0 Å². The molecule has 4 nitrogen and oxygen atoms in total. The van der Waals surface area contributed by atoms with Gasteiger partial charge in [-0.15, -0.1) is 11.3 Å². The third kappa shape index (κ3) is 3.70. The van der Waals surface area contributed by atoms with E-state index < -0.39 is 0 Å². The van der Waals surface area contributed by atoms with Crippen molar-refractivity contribution in [1.29, 1.82) is 0 Å². The molecule has 0 amide bonds. The Morgan fingerprint density at radius 3 is 2.62 bits per heavy atom. The predicted octanol–water partition coefficient (Wildman–Crippen LogP) is 2.91. The van der Waals surface area contributed by atoms with E-state index in [0.717, 1.165) is 40.7 Å². The van der Waals surface area contributed by atoms with Crippen molar-refractivity contribution in [2.24, 2.45) is 0 Å². The largest absolute Gasteiger partial charge is 0.354 e. The molecule has 0 aliphatic carbocycles. The van der Waals surface area contributed by atoms with Crippen molar-refractivity contribution in [1.82, 2.24) is 9.88 Å². The average Bonchev–Trinajstić information content (AvgIpc) is 2.96. The highest BCUT2D eigenvalue weighted by atomic mass is 79.9. The number of nitrogens with zero attached hydrogens (tertiary/aromatic N) is 3. The molecule has 3 heterocycles. The number of carbonyl (C=O) groups excluding carboxylic acids is 1. The Hall–Kier alpha value is -1.24. The molecule has 0 aromatic carbocycles. The molecule has 0 radical (unpaired) electrons. The Morgan fingerprint density at radius 1 is 1.19 bits per heavy atom. The summed E-state index contributed by atoms with van der Waals surface area (Å²) in [6, 6.07) is 9.78. The van der Waals surface area contributed by atoms with E-state index >= 15 is 0 Å². The van der Waals surface area contributed by atoms with Crippen LogP contribution in [0.2, 0.25) is 0 Å². The number of carbonyl (C=O) groups is 1. The number of halogens is 1. The molecule has 0 bridgehead atoms. The number of Topliss-reactive ketones (excluding diaryl/α,β-unsaturated/α-hetero) is 1. The van der Waals surface area contributed by atoms with Gasteiger partial charge in [0.1, 0.15) is 5.82 Å². The quantitative estimate of drug-likeness (QED) is 0.780. The van der Waals surface area contributed by atoms with Crippen LogP contribution in [0.15, 0.2) is 40.3 Å². The normalized spacial score (nSPS) is 16.1. The van der Waals surface area contributed by atoms with Gasteiger partial charge in [-0.2, -0.15) is 0 Å². The van der Waals surface area contributed by atoms with Crippen LogP contribution in [-0.4, -0.2) is 48.4 Å². The number of ketones is 1. The predicted molar refractivity (Wildman–Crippen MR) is 89.2 cm³/mol. The van der Waals surface area contributed by atoms with Gasteiger partial charge in [-0.1, -0.05) is 6.07 Å². The molecule has 1 aliphatic heterocycles. The van der Waals surface area contributed by atoms with Gasteiger partial charge in [0.2, 0.25) is 0 Å². The lowest BCUT2D eigenvalue weighted by Gasteiger charge is -2.34. The number of anilines is 1. The minimum absolute atomic E-state index is 0.206. The first-order valence-corrected chi connectivity index (χ1v) is 8.50. The fraction of sp³-hybridized carbons (Fsp3) is 0.333. The number of piperazine rings is 1. The summed E-state index contributed by atoms with van der Waals surface area (Å²) in [7, 11) is 0. The third-order valence-corrected chi connectivity index (χ3v) is 5.23. The number of thiophene rings is 1. The Kier molecular flexibility index (Phi) is 4.67. The van der Waals surface area contributed by atoms with Crippen molar-refractivity contribution < 1.29 is 4.79 Å². The number of pyridine rings is 1. The van der Waals surface area contributed by atoms with Gasteiger partial charge in [0.15, 0.2) is 5.78 Å². The van der Waals surface area contributed by atoms with Gasteiger partial charge < -0.3 is 4.90 Å². The lowest BCUT2D eigenvalue weighted by molar-refractivity contribution is 0.0930. The molecule has 0 N–H and O–H groups in total. The van der Waals surface area contributed by atoms with Gasteiger partial charge in [0.25, 0.3) is 0 Å². The van der Waals surface area contributed by atoms with Crippen molar-refractivity contribution in [2.45, 2.75) is 0 Å². The second-order valence-electron chi connectivity index (χ2n) is 4.98. The Balaban J connectivity index is 1.53. The molecular formula is C15H16BrN3OS. The lowest BCUT2D eigenvalue weighted by atomic mass is 10.2. The van der Waals surface area contributed by atoms with Crippen LogP contribution in [0.3, 0.4) is 0 Å². The summed E-state index contributed by atoms with van der Waals surface area (Å²) in [6.07, 6.45) is 1.82. The summed E-state index contributed by atoms with van der Waals surface area (Å²) in [6.45, 7) is 4.13. The molecule has 6 heteroatoms. The highest BCUT2D eigenvalue weighted by Gasteiger charge is 2.20. The maximum absolute atomic E-state index is 12.2. The van der Waals surface area contributed by atoms with Crippen LogP contribution in [0.1, 0.15) is 9.67 Å². The van der Waals surface area contributed by atoms with Crippen molar-refractivity contribution in [3.05, 3.63) is 45.2 Å². The molecular weight excluding hydrogens is 350 g/mol. The first-order valence-electron chi connectivity index (χ1n) is 6.89. The highest BCUT2D eigenvalue weighted by molar-refractivity contribution is 9.11. The maximum Gasteiger partial charge on any atom is 0.186 e. The van der Waals surface area contributed by atoms with Gasteiger partial charge in [0, 0.05) is 32.4 Å². The molecule has 2 aromatic rings. The monoisotopic (exact) mass is 365 g/mol. The highest BCUT2D eigenvalue weighted by Crippen LogP contribution is 2.23. The fourth-order valence-corrected chi connectivity index (χ4v) is 3.74. The standard InChI is InChI=1S/C15H16BrN3OS/c16-14-5-4-13(21-14)12(20)11-18-7-9-19(10-8-18)15-3-1-2-6-17-15/h1-6H,7-11H2. The lowest BCUT2D eigenvalue weighted by Crippen LogP contribution is -2.48. The van der Waals surface area contributed by atoms with Gasteiger partial charge in [-0.25, -0.2) is 4.98 Å². The fourth-order valence-electron chi connectivity index (χ4n) is 2.42. The zero-order valence-electron chi connectivity index (χ0n) is 11.5. The topological polar surface area (TPSA) is 36.4 Å². The van der Waals surface area contributed by atoms with E-state index in [1.807, 2.05) is 36.5 Å². The molecule has 1 fully saturated rings. The van der Waals surface area contributed by atoms with Crippen LogP contribution in [0.25, 0.3) is 0 Å². The molecule has 0 spiro atoms. The van der Waals surface area contributed by atoms with Crippen LogP contribution in [-0.2, 0) is 0 Å².